The number of hydrogen-bond donors (Lipinski definition) is 6. The van der Waals surface area contributed by atoms with E-state index in [4.69, 9.17) is 15.0 Å². The molecular formula is C10H52N4O8. The van der Waals surface area contributed by atoms with Gasteiger partial charge in [-0.25, -0.2) is 0 Å². The highest BCUT2D eigenvalue weighted by molar-refractivity contribution is 5.32. The van der Waals surface area contributed by atoms with Gasteiger partial charge in [-0.1, -0.05) is 55.4 Å². The van der Waals surface area contributed by atoms with Crippen LogP contribution in [0, 0.1) is 0 Å². The minimum atomic E-state index is -0.250. The Kier molecular flexibility index (Phi) is 15600000. The molecule has 0 saturated carbocycles. The number of carbonyl (C=O) groups is 1. The van der Waals surface area contributed by atoms with Crippen LogP contribution in [0.25, 0.3) is 0 Å². The SMILES string of the molecule is CC.CC.CC.CC.CO.N.N.N.N.O.O.O.O.O.O=CO. The van der Waals surface area contributed by atoms with Crippen LogP contribution in [0.2, 0.25) is 0 Å². The zero-order chi connectivity index (χ0) is 12.7. The van der Waals surface area contributed by atoms with E-state index in [0.29, 0.717) is 0 Å². The van der Waals surface area contributed by atoms with E-state index in [1.807, 2.05) is 55.4 Å². The molecule has 0 rings (SSSR count). The van der Waals surface area contributed by atoms with Crippen molar-refractivity contribution in [1.82, 2.24) is 24.6 Å². The van der Waals surface area contributed by atoms with Crippen molar-refractivity contribution >= 4 is 6.47 Å². The van der Waals surface area contributed by atoms with Gasteiger partial charge < -0.3 is 62.2 Å². The van der Waals surface area contributed by atoms with Crippen LogP contribution in [0.5, 0.6) is 0 Å². The zero-order valence-corrected chi connectivity index (χ0v) is 16.2. The van der Waals surface area contributed by atoms with Crippen molar-refractivity contribution in [3.05, 3.63) is 0 Å². The molecule has 12 nitrogen and oxygen atoms in total. The maximum atomic E-state index is 8.36. The lowest BCUT2D eigenvalue weighted by atomic mass is 11.0. The molecule has 0 radical (unpaired) electrons. The first kappa shape index (κ1) is 230. The van der Waals surface area contributed by atoms with Gasteiger partial charge in [-0.3, -0.25) is 4.79 Å². The van der Waals surface area contributed by atoms with Crippen molar-refractivity contribution < 1.29 is 42.4 Å². The molecule has 0 aromatic carbocycles. The predicted molar refractivity (Wildman–Crippen MR) is 100 cm³/mol. The highest BCUT2D eigenvalue weighted by Crippen LogP contribution is 1.15. The molecule has 0 aliphatic carbocycles. The Morgan fingerprint density at radius 1 is 0.500 bits per heavy atom. The summed E-state index contributed by atoms with van der Waals surface area (Å²) in [6.07, 6.45) is 0. The summed E-state index contributed by atoms with van der Waals surface area (Å²) in [5, 5.41) is 13.9. The molecule has 0 atom stereocenters. The van der Waals surface area contributed by atoms with E-state index in [0.717, 1.165) is 7.11 Å². The van der Waals surface area contributed by atoms with E-state index in [-0.39, 0.29) is 58.5 Å². The van der Waals surface area contributed by atoms with E-state index in [2.05, 4.69) is 0 Å². The molecule has 24 N–H and O–H groups in total. The molecule has 0 fully saturated rings. The predicted octanol–water partition coefficient (Wildman–Crippen LogP) is -0.0614. The molecule has 160 valence electrons. The number of carboxylic acid groups (broad SMARTS) is 1. The lowest BCUT2D eigenvalue weighted by Gasteiger charge is -1.34. The fraction of sp³-hybridized carbons (Fsp3) is 0.900. The molecule has 0 aromatic rings. The number of aliphatic hydroxyl groups is 1. The number of hydrogen-bond acceptors (Lipinski definition) is 6. The molecule has 0 aliphatic rings. The fourth-order valence-electron chi connectivity index (χ4n) is 0. The van der Waals surface area contributed by atoms with Crippen LogP contribution in [-0.2, 0) is 4.79 Å². The van der Waals surface area contributed by atoms with Gasteiger partial charge in [-0.05, 0) is 0 Å². The van der Waals surface area contributed by atoms with Gasteiger partial charge in [0.1, 0.15) is 0 Å². The van der Waals surface area contributed by atoms with E-state index < -0.39 is 0 Å². The molecule has 0 saturated heterocycles. The van der Waals surface area contributed by atoms with Gasteiger partial charge in [0.15, 0.2) is 0 Å². The van der Waals surface area contributed by atoms with Crippen LogP contribution < -0.4 is 24.6 Å². The van der Waals surface area contributed by atoms with Crippen molar-refractivity contribution in [3.8, 4) is 0 Å². The third-order valence-corrected chi connectivity index (χ3v) is 0. The summed E-state index contributed by atoms with van der Waals surface area (Å²) < 4.78 is 0. The molecule has 0 aromatic heterocycles. The second-order valence-electron chi connectivity index (χ2n) is 0.105. The molecule has 0 bridgehead atoms. The van der Waals surface area contributed by atoms with Gasteiger partial charge in [-0.15, -0.1) is 0 Å². The van der Waals surface area contributed by atoms with Gasteiger partial charge in [0.05, 0.1) is 0 Å². The Balaban J connectivity index is -0.00000000191. The highest BCUT2D eigenvalue weighted by atomic mass is 16.3. The van der Waals surface area contributed by atoms with E-state index in [1.165, 1.54) is 0 Å². The average Bonchev–Trinajstić information content (AvgIpc) is 2.32. The third-order valence-electron chi connectivity index (χ3n) is 0. The number of aliphatic hydroxyl groups excluding tert-OH is 1. The molecule has 0 heterocycles. The van der Waals surface area contributed by atoms with Crippen molar-refractivity contribution in [3.63, 3.8) is 0 Å². The molecule has 0 aliphatic heterocycles. The van der Waals surface area contributed by atoms with Gasteiger partial charge in [-0.2, -0.15) is 0 Å². The maximum Gasteiger partial charge on any atom is 0.290 e. The van der Waals surface area contributed by atoms with E-state index in [9.17, 15) is 0 Å². The molecule has 0 spiro atoms. The Morgan fingerprint density at radius 2 is 0.500 bits per heavy atom. The van der Waals surface area contributed by atoms with Crippen molar-refractivity contribution in [2.75, 3.05) is 7.11 Å². The quantitative estimate of drug-likeness (QED) is 0.320. The summed E-state index contributed by atoms with van der Waals surface area (Å²) in [4.78, 5) is 8.36. The monoisotopic (exact) mass is 356 g/mol. The Bertz CT molecular complexity index is 40.4. The van der Waals surface area contributed by atoms with Crippen molar-refractivity contribution in [2.45, 2.75) is 55.4 Å². The molecule has 0 amide bonds. The van der Waals surface area contributed by atoms with E-state index in [1.54, 1.807) is 0 Å². The van der Waals surface area contributed by atoms with Crippen molar-refractivity contribution in [2.24, 2.45) is 0 Å². The number of rotatable bonds is 0. The van der Waals surface area contributed by atoms with Crippen LogP contribution in [0.15, 0.2) is 0 Å². The minimum absolute atomic E-state index is 0. The second-order valence-corrected chi connectivity index (χ2v) is 0.105. The summed E-state index contributed by atoms with van der Waals surface area (Å²) in [5.74, 6) is 0. The molecular weight excluding hydrogens is 304 g/mol. The second kappa shape index (κ2) is 1490000. The lowest BCUT2D eigenvalue weighted by molar-refractivity contribution is -0.122. The van der Waals surface area contributed by atoms with Crippen molar-refractivity contribution in [1.29, 1.82) is 0 Å². The summed E-state index contributed by atoms with van der Waals surface area (Å²) in [6, 6.07) is 0. The zero-order valence-electron chi connectivity index (χ0n) is 16.2. The summed E-state index contributed by atoms with van der Waals surface area (Å²) in [6.45, 7) is 15.8. The molecule has 12 heteroatoms. The minimum Gasteiger partial charge on any atom is -0.483 e. The van der Waals surface area contributed by atoms with E-state index >= 15 is 0 Å². The van der Waals surface area contributed by atoms with Crippen LogP contribution >= 0.6 is 0 Å². The van der Waals surface area contributed by atoms with Gasteiger partial charge in [0.25, 0.3) is 6.47 Å². The summed E-state index contributed by atoms with van der Waals surface area (Å²) in [5.41, 5.74) is 0. The van der Waals surface area contributed by atoms with Gasteiger partial charge in [0.2, 0.25) is 0 Å². The van der Waals surface area contributed by atoms with Gasteiger partial charge in [0, 0.05) is 7.11 Å². The Hall–Kier alpha value is -0.930. The first-order valence-corrected chi connectivity index (χ1v) is 4.94. The summed E-state index contributed by atoms with van der Waals surface area (Å²) >= 11 is 0. The van der Waals surface area contributed by atoms with Crippen LogP contribution in [0.4, 0.5) is 0 Å². The highest BCUT2D eigenvalue weighted by Gasteiger charge is 1.22. The maximum absolute atomic E-state index is 8.36. The van der Waals surface area contributed by atoms with Crippen LogP contribution in [0.1, 0.15) is 55.4 Å². The van der Waals surface area contributed by atoms with Crippen LogP contribution in [-0.4, -0.2) is 51.2 Å². The standard InChI is InChI=1S/4C2H6.CH2O2.CH4O.4H3N.5H2O/c4*1-2;2-1-3;1-2;;;;;;;;;/h4*1-2H3;1H,(H,2,3);2H,1H3;4*1H3;5*1H2. The Labute approximate surface area is 137 Å². The summed E-state index contributed by atoms with van der Waals surface area (Å²) in [7, 11) is 1.00. The molecule has 22 heavy (non-hydrogen) atoms. The lowest BCUT2D eigenvalue weighted by Crippen LogP contribution is -1.49. The average molecular weight is 357 g/mol. The first-order valence-electron chi connectivity index (χ1n) is 4.94. The topological polar surface area (TPSA) is 355 Å². The third kappa shape index (κ3) is 7200. The fourth-order valence-corrected chi connectivity index (χ4v) is 0. The first-order chi connectivity index (χ1) is 6.41. The Morgan fingerprint density at radius 3 is 0.500 bits per heavy atom. The van der Waals surface area contributed by atoms with Crippen LogP contribution in [0.3, 0.4) is 0 Å². The van der Waals surface area contributed by atoms with Gasteiger partial charge >= 0.3 is 0 Å². The molecule has 0 unspecified atom stereocenters. The largest absolute Gasteiger partial charge is 0.483 e. The normalized spacial score (nSPS) is 1.91. The smallest absolute Gasteiger partial charge is 0.290 e.